The molecule has 0 atom stereocenters. The highest BCUT2D eigenvalue weighted by Gasteiger charge is 2.15. The summed E-state index contributed by atoms with van der Waals surface area (Å²) in [4.78, 5) is 12.8. The standard InChI is InChI=1S/C15H17N5O2S/c1-2-4-12-14(23-19-18-12)15(21)16-6-7-20-10-11(9-17-20)13-5-3-8-22-13/h3,5,8-10H,2,4,6-7H2,1H3,(H,16,21). The SMILES string of the molecule is CCCc1nnsc1C(=O)NCCn1cc(-c2ccco2)cn1. The van der Waals surface area contributed by atoms with Crippen molar-refractivity contribution in [1.82, 2.24) is 24.7 Å². The summed E-state index contributed by atoms with van der Waals surface area (Å²) in [5, 5.41) is 11.2. The van der Waals surface area contributed by atoms with Gasteiger partial charge in [0.25, 0.3) is 5.91 Å². The first-order chi connectivity index (χ1) is 11.3. The maximum Gasteiger partial charge on any atom is 0.265 e. The molecule has 0 aliphatic carbocycles. The Morgan fingerprint density at radius 3 is 3.17 bits per heavy atom. The van der Waals surface area contributed by atoms with E-state index >= 15 is 0 Å². The number of furan rings is 1. The third-order valence-electron chi connectivity index (χ3n) is 3.31. The van der Waals surface area contributed by atoms with E-state index in [0.717, 1.165) is 41.4 Å². The zero-order valence-electron chi connectivity index (χ0n) is 12.7. The van der Waals surface area contributed by atoms with Crippen LogP contribution in [-0.4, -0.2) is 31.8 Å². The van der Waals surface area contributed by atoms with Crippen molar-refractivity contribution in [2.45, 2.75) is 26.3 Å². The lowest BCUT2D eigenvalue weighted by molar-refractivity contribution is 0.0955. The Kier molecular flexibility index (Phi) is 4.82. The second-order valence-corrected chi connectivity index (χ2v) is 5.78. The number of nitrogens with one attached hydrogen (secondary N) is 1. The van der Waals surface area contributed by atoms with Gasteiger partial charge < -0.3 is 9.73 Å². The van der Waals surface area contributed by atoms with Gasteiger partial charge in [0.1, 0.15) is 10.6 Å². The van der Waals surface area contributed by atoms with Crippen LogP contribution in [0.3, 0.4) is 0 Å². The second-order valence-electron chi connectivity index (χ2n) is 5.02. The number of aromatic nitrogens is 4. The molecule has 0 aliphatic heterocycles. The molecule has 8 heteroatoms. The Hall–Kier alpha value is -2.48. The summed E-state index contributed by atoms with van der Waals surface area (Å²) in [5.74, 6) is 0.655. The van der Waals surface area contributed by atoms with Gasteiger partial charge in [0, 0.05) is 12.7 Å². The van der Waals surface area contributed by atoms with E-state index in [4.69, 9.17) is 4.42 Å². The fourth-order valence-electron chi connectivity index (χ4n) is 2.20. The molecule has 7 nitrogen and oxygen atoms in total. The van der Waals surface area contributed by atoms with Gasteiger partial charge in [0.15, 0.2) is 0 Å². The van der Waals surface area contributed by atoms with E-state index < -0.39 is 0 Å². The molecule has 0 aliphatic rings. The minimum atomic E-state index is -0.123. The van der Waals surface area contributed by atoms with E-state index in [-0.39, 0.29) is 5.91 Å². The fourth-order valence-corrected chi connectivity index (χ4v) is 2.83. The molecule has 0 radical (unpaired) electrons. The maximum absolute atomic E-state index is 12.2. The first kappa shape index (κ1) is 15.4. The van der Waals surface area contributed by atoms with Crippen molar-refractivity contribution in [3.63, 3.8) is 0 Å². The van der Waals surface area contributed by atoms with Crippen molar-refractivity contribution in [2.24, 2.45) is 0 Å². The highest BCUT2D eigenvalue weighted by molar-refractivity contribution is 7.08. The van der Waals surface area contributed by atoms with Crippen molar-refractivity contribution in [2.75, 3.05) is 6.54 Å². The van der Waals surface area contributed by atoms with Crippen molar-refractivity contribution in [3.05, 3.63) is 41.4 Å². The lowest BCUT2D eigenvalue weighted by Crippen LogP contribution is -2.27. The molecule has 0 spiro atoms. The molecule has 0 fully saturated rings. The fraction of sp³-hybridized carbons (Fsp3) is 0.333. The monoisotopic (exact) mass is 331 g/mol. The minimum Gasteiger partial charge on any atom is -0.464 e. The molecule has 0 unspecified atom stereocenters. The third kappa shape index (κ3) is 3.65. The van der Waals surface area contributed by atoms with Gasteiger partial charge >= 0.3 is 0 Å². The minimum absolute atomic E-state index is 0.123. The molecule has 0 saturated heterocycles. The molecular weight excluding hydrogens is 314 g/mol. The van der Waals surface area contributed by atoms with Gasteiger partial charge in [-0.1, -0.05) is 17.8 Å². The quantitative estimate of drug-likeness (QED) is 0.718. The third-order valence-corrected chi connectivity index (χ3v) is 4.08. The Morgan fingerprint density at radius 2 is 2.39 bits per heavy atom. The van der Waals surface area contributed by atoms with E-state index in [2.05, 4.69) is 26.9 Å². The van der Waals surface area contributed by atoms with Crippen LogP contribution in [0.2, 0.25) is 0 Å². The molecule has 0 aromatic carbocycles. The second kappa shape index (κ2) is 7.19. The number of carbonyl (C=O) groups is 1. The predicted octanol–water partition coefficient (Wildman–Crippen LogP) is 2.38. The number of amides is 1. The summed E-state index contributed by atoms with van der Waals surface area (Å²) >= 11 is 1.14. The first-order valence-electron chi connectivity index (χ1n) is 7.43. The van der Waals surface area contributed by atoms with Gasteiger partial charge in [-0.2, -0.15) is 5.10 Å². The molecule has 23 heavy (non-hydrogen) atoms. The highest BCUT2D eigenvalue weighted by Crippen LogP contribution is 2.18. The summed E-state index contributed by atoms with van der Waals surface area (Å²) in [6.45, 7) is 3.12. The lowest BCUT2D eigenvalue weighted by atomic mass is 10.2. The number of hydrogen-bond donors (Lipinski definition) is 1. The van der Waals surface area contributed by atoms with E-state index in [1.165, 1.54) is 0 Å². The average molecular weight is 331 g/mol. The summed E-state index contributed by atoms with van der Waals surface area (Å²) in [6, 6.07) is 3.72. The van der Waals surface area contributed by atoms with Crippen LogP contribution < -0.4 is 5.32 Å². The van der Waals surface area contributed by atoms with Crippen molar-refractivity contribution in [3.8, 4) is 11.3 Å². The van der Waals surface area contributed by atoms with Gasteiger partial charge in [-0.05, 0) is 30.1 Å². The number of rotatable bonds is 7. The molecule has 0 saturated carbocycles. The van der Waals surface area contributed by atoms with Crippen molar-refractivity contribution in [1.29, 1.82) is 0 Å². The van der Waals surface area contributed by atoms with E-state index in [1.807, 2.05) is 18.3 Å². The molecule has 1 N–H and O–H groups in total. The van der Waals surface area contributed by atoms with Crippen LogP contribution in [0.4, 0.5) is 0 Å². The van der Waals surface area contributed by atoms with E-state index in [0.29, 0.717) is 18.0 Å². The zero-order valence-corrected chi connectivity index (χ0v) is 13.5. The summed E-state index contributed by atoms with van der Waals surface area (Å²) in [5.41, 5.74) is 1.69. The summed E-state index contributed by atoms with van der Waals surface area (Å²) < 4.78 is 11.0. The molecule has 3 rings (SSSR count). The van der Waals surface area contributed by atoms with Crippen LogP contribution in [-0.2, 0) is 13.0 Å². The van der Waals surface area contributed by atoms with Gasteiger partial charge in [0.2, 0.25) is 0 Å². The van der Waals surface area contributed by atoms with Crippen LogP contribution >= 0.6 is 11.5 Å². The van der Waals surface area contributed by atoms with Crippen LogP contribution in [0.5, 0.6) is 0 Å². The molecule has 3 heterocycles. The van der Waals surface area contributed by atoms with Crippen LogP contribution in [0, 0.1) is 0 Å². The first-order valence-corrected chi connectivity index (χ1v) is 8.21. The van der Waals surface area contributed by atoms with Gasteiger partial charge in [-0.15, -0.1) is 5.10 Å². The largest absolute Gasteiger partial charge is 0.464 e. The predicted molar refractivity (Wildman–Crippen MR) is 86.2 cm³/mol. The molecule has 1 amide bonds. The maximum atomic E-state index is 12.2. The lowest BCUT2D eigenvalue weighted by Gasteiger charge is -2.04. The van der Waals surface area contributed by atoms with E-state index in [1.54, 1.807) is 17.1 Å². The smallest absolute Gasteiger partial charge is 0.265 e. The highest BCUT2D eigenvalue weighted by atomic mass is 32.1. The Bertz CT molecular complexity index is 763. The molecule has 120 valence electrons. The molecule has 0 bridgehead atoms. The van der Waals surface area contributed by atoms with E-state index in [9.17, 15) is 4.79 Å². The topological polar surface area (TPSA) is 85.8 Å². The summed E-state index contributed by atoms with van der Waals surface area (Å²) in [6.07, 6.45) is 6.97. The number of nitrogens with zero attached hydrogens (tertiary/aromatic N) is 4. The summed E-state index contributed by atoms with van der Waals surface area (Å²) in [7, 11) is 0. The van der Waals surface area contributed by atoms with Crippen molar-refractivity contribution >= 4 is 17.4 Å². The normalized spacial score (nSPS) is 10.8. The number of carbonyl (C=O) groups excluding carboxylic acids is 1. The van der Waals surface area contributed by atoms with Gasteiger partial charge in [-0.3, -0.25) is 9.48 Å². The molecule has 3 aromatic heterocycles. The van der Waals surface area contributed by atoms with Crippen LogP contribution in [0.25, 0.3) is 11.3 Å². The number of hydrogen-bond acceptors (Lipinski definition) is 6. The Morgan fingerprint density at radius 1 is 1.48 bits per heavy atom. The average Bonchev–Trinajstić information content (AvgIpc) is 3.28. The zero-order chi connectivity index (χ0) is 16.1. The van der Waals surface area contributed by atoms with Gasteiger partial charge in [-0.25, -0.2) is 0 Å². The van der Waals surface area contributed by atoms with Gasteiger partial charge in [0.05, 0.1) is 30.3 Å². The Balaban J connectivity index is 1.53. The van der Waals surface area contributed by atoms with Crippen LogP contribution in [0.15, 0.2) is 35.2 Å². The van der Waals surface area contributed by atoms with Crippen molar-refractivity contribution < 1.29 is 9.21 Å². The molecular formula is C15H17N5O2S. The Labute approximate surface area is 137 Å². The number of aryl methyl sites for hydroxylation is 1. The van der Waals surface area contributed by atoms with Crippen LogP contribution in [0.1, 0.15) is 28.7 Å². The molecule has 3 aromatic rings.